The lowest BCUT2D eigenvalue weighted by Crippen LogP contribution is -2.32. The Labute approximate surface area is 101 Å². The van der Waals surface area contributed by atoms with Crippen molar-refractivity contribution in [2.45, 2.75) is 18.9 Å². The van der Waals surface area contributed by atoms with E-state index in [9.17, 15) is 9.90 Å². The van der Waals surface area contributed by atoms with E-state index in [0.717, 1.165) is 17.3 Å². The van der Waals surface area contributed by atoms with Crippen molar-refractivity contribution in [2.24, 2.45) is 5.92 Å². The fourth-order valence-corrected chi connectivity index (χ4v) is 2.85. The SMILES string of the molecule is O=C(NCC(O)C1CC1)c1sccc1Br. The predicted octanol–water partition coefficient (Wildman–Crippen LogP) is 2.01. The summed E-state index contributed by atoms with van der Waals surface area (Å²) in [5, 5.41) is 14.2. The van der Waals surface area contributed by atoms with Crippen molar-refractivity contribution in [3.05, 3.63) is 20.8 Å². The Kier molecular flexibility index (Phi) is 3.43. The first kappa shape index (κ1) is 11.1. The second kappa shape index (κ2) is 4.63. The molecule has 0 saturated heterocycles. The summed E-state index contributed by atoms with van der Waals surface area (Å²) >= 11 is 4.70. The Morgan fingerprint density at radius 2 is 2.47 bits per heavy atom. The number of carbonyl (C=O) groups excluding carboxylic acids is 1. The first-order chi connectivity index (χ1) is 7.18. The molecule has 1 fully saturated rings. The molecule has 1 aromatic heterocycles. The van der Waals surface area contributed by atoms with Crippen molar-refractivity contribution in [3.63, 3.8) is 0 Å². The van der Waals surface area contributed by atoms with Crippen molar-refractivity contribution in [1.29, 1.82) is 0 Å². The van der Waals surface area contributed by atoms with Gasteiger partial charge in [-0.25, -0.2) is 0 Å². The zero-order chi connectivity index (χ0) is 10.8. The van der Waals surface area contributed by atoms with Crippen molar-refractivity contribution in [2.75, 3.05) is 6.54 Å². The van der Waals surface area contributed by atoms with Gasteiger partial charge in [-0.1, -0.05) is 0 Å². The summed E-state index contributed by atoms with van der Waals surface area (Å²) in [6.45, 7) is 0.355. The number of thiophene rings is 1. The molecule has 0 radical (unpaired) electrons. The largest absolute Gasteiger partial charge is 0.391 e. The molecule has 0 aromatic carbocycles. The maximum absolute atomic E-state index is 11.6. The van der Waals surface area contributed by atoms with Crippen molar-refractivity contribution < 1.29 is 9.90 Å². The molecule has 1 aliphatic rings. The van der Waals surface area contributed by atoms with Gasteiger partial charge in [0.05, 0.1) is 6.10 Å². The van der Waals surface area contributed by atoms with Gasteiger partial charge >= 0.3 is 0 Å². The van der Waals surface area contributed by atoms with Crippen molar-refractivity contribution >= 4 is 33.2 Å². The number of nitrogens with one attached hydrogen (secondary N) is 1. The molecule has 0 bridgehead atoms. The fraction of sp³-hybridized carbons (Fsp3) is 0.500. The number of halogens is 1. The number of rotatable bonds is 4. The predicted molar refractivity (Wildman–Crippen MR) is 63.1 cm³/mol. The molecule has 1 saturated carbocycles. The molecule has 1 aliphatic carbocycles. The Balaban J connectivity index is 1.84. The number of aliphatic hydroxyl groups excluding tert-OH is 1. The maximum atomic E-state index is 11.6. The number of amides is 1. The van der Waals surface area contributed by atoms with Crippen LogP contribution in [0.25, 0.3) is 0 Å². The van der Waals surface area contributed by atoms with Gasteiger partial charge < -0.3 is 10.4 Å². The monoisotopic (exact) mass is 289 g/mol. The topological polar surface area (TPSA) is 49.3 Å². The first-order valence-electron chi connectivity index (χ1n) is 4.87. The molecule has 2 N–H and O–H groups in total. The quantitative estimate of drug-likeness (QED) is 0.891. The van der Waals surface area contributed by atoms with Crippen LogP contribution in [0.15, 0.2) is 15.9 Å². The lowest BCUT2D eigenvalue weighted by atomic mass is 10.2. The molecule has 5 heteroatoms. The van der Waals surface area contributed by atoms with E-state index in [4.69, 9.17) is 0 Å². The van der Waals surface area contributed by atoms with Crippen LogP contribution in [0.5, 0.6) is 0 Å². The number of carbonyl (C=O) groups is 1. The average molecular weight is 290 g/mol. The summed E-state index contributed by atoms with van der Waals surface area (Å²) in [5.74, 6) is 0.286. The minimum absolute atomic E-state index is 0.114. The molecular weight excluding hydrogens is 278 g/mol. The minimum Gasteiger partial charge on any atom is -0.391 e. The Hall–Kier alpha value is -0.390. The average Bonchev–Trinajstić information content (AvgIpc) is 2.98. The van der Waals surface area contributed by atoms with Crippen LogP contribution in [-0.2, 0) is 0 Å². The summed E-state index contributed by atoms with van der Waals surface area (Å²) in [4.78, 5) is 12.3. The molecule has 1 aromatic rings. The standard InChI is InChI=1S/C10H12BrNO2S/c11-7-3-4-15-9(7)10(14)12-5-8(13)6-1-2-6/h3-4,6,8,13H,1-2,5H2,(H,12,14). The third kappa shape index (κ3) is 2.80. The van der Waals surface area contributed by atoms with Gasteiger partial charge in [-0.15, -0.1) is 11.3 Å². The smallest absolute Gasteiger partial charge is 0.262 e. The minimum atomic E-state index is -0.382. The zero-order valence-electron chi connectivity index (χ0n) is 8.07. The van der Waals surface area contributed by atoms with Crippen LogP contribution in [0.2, 0.25) is 0 Å². The van der Waals surface area contributed by atoms with Crippen LogP contribution in [-0.4, -0.2) is 23.7 Å². The van der Waals surface area contributed by atoms with E-state index in [1.165, 1.54) is 11.3 Å². The Morgan fingerprint density at radius 1 is 1.73 bits per heavy atom. The molecule has 1 unspecified atom stereocenters. The molecule has 1 atom stereocenters. The van der Waals surface area contributed by atoms with Crippen molar-refractivity contribution in [1.82, 2.24) is 5.32 Å². The molecule has 1 heterocycles. The molecule has 3 nitrogen and oxygen atoms in total. The van der Waals surface area contributed by atoms with E-state index in [1.807, 2.05) is 11.4 Å². The van der Waals surface area contributed by atoms with Gasteiger partial charge in [0.2, 0.25) is 0 Å². The summed E-state index contributed by atoms with van der Waals surface area (Å²) in [5.41, 5.74) is 0. The van der Waals surface area contributed by atoms with Gasteiger partial charge in [-0.2, -0.15) is 0 Å². The van der Waals surface area contributed by atoms with Crippen LogP contribution in [0, 0.1) is 5.92 Å². The normalized spacial score (nSPS) is 17.5. The Morgan fingerprint density at radius 3 is 3.00 bits per heavy atom. The van der Waals surface area contributed by atoms with Gasteiger partial charge in [0.25, 0.3) is 5.91 Å². The molecule has 1 amide bonds. The van der Waals surface area contributed by atoms with E-state index >= 15 is 0 Å². The molecule has 0 spiro atoms. The molecule has 15 heavy (non-hydrogen) atoms. The number of hydrogen-bond donors (Lipinski definition) is 2. The van der Waals surface area contributed by atoms with Crippen LogP contribution in [0.3, 0.4) is 0 Å². The molecule has 2 rings (SSSR count). The van der Waals surface area contributed by atoms with Gasteiger partial charge in [-0.3, -0.25) is 4.79 Å². The number of hydrogen-bond acceptors (Lipinski definition) is 3. The third-order valence-corrected chi connectivity index (χ3v) is 4.30. The fourth-order valence-electron chi connectivity index (χ4n) is 1.38. The number of aliphatic hydroxyl groups is 1. The van der Waals surface area contributed by atoms with E-state index < -0.39 is 0 Å². The van der Waals surface area contributed by atoms with E-state index in [1.54, 1.807) is 0 Å². The van der Waals surface area contributed by atoms with E-state index in [-0.39, 0.29) is 12.0 Å². The Bertz CT molecular complexity index is 362. The summed E-state index contributed by atoms with van der Waals surface area (Å²) in [6, 6.07) is 1.84. The molecule has 82 valence electrons. The summed E-state index contributed by atoms with van der Waals surface area (Å²) < 4.78 is 0.811. The molecule has 0 aliphatic heterocycles. The van der Waals surface area contributed by atoms with Gasteiger partial charge in [0.1, 0.15) is 4.88 Å². The summed E-state index contributed by atoms with van der Waals surface area (Å²) in [6.07, 6.45) is 1.78. The van der Waals surface area contributed by atoms with Gasteiger partial charge in [-0.05, 0) is 46.1 Å². The highest BCUT2D eigenvalue weighted by atomic mass is 79.9. The van der Waals surface area contributed by atoms with E-state index in [0.29, 0.717) is 17.3 Å². The van der Waals surface area contributed by atoms with E-state index in [2.05, 4.69) is 21.2 Å². The lowest BCUT2D eigenvalue weighted by molar-refractivity contribution is 0.0904. The zero-order valence-corrected chi connectivity index (χ0v) is 10.5. The summed E-state index contributed by atoms with van der Waals surface area (Å²) in [7, 11) is 0. The third-order valence-electron chi connectivity index (χ3n) is 2.46. The maximum Gasteiger partial charge on any atom is 0.262 e. The van der Waals surface area contributed by atoms with Crippen molar-refractivity contribution in [3.8, 4) is 0 Å². The highest BCUT2D eigenvalue weighted by molar-refractivity contribution is 9.10. The molecular formula is C10H12BrNO2S. The second-order valence-electron chi connectivity index (χ2n) is 3.71. The first-order valence-corrected chi connectivity index (χ1v) is 6.55. The lowest BCUT2D eigenvalue weighted by Gasteiger charge is -2.09. The van der Waals surface area contributed by atoms with Crippen LogP contribution in [0.1, 0.15) is 22.5 Å². The highest BCUT2D eigenvalue weighted by Crippen LogP contribution is 2.32. The van der Waals surface area contributed by atoms with Crippen LogP contribution >= 0.6 is 27.3 Å². The van der Waals surface area contributed by atoms with Gasteiger partial charge in [0.15, 0.2) is 0 Å². The van der Waals surface area contributed by atoms with Crippen LogP contribution < -0.4 is 5.32 Å². The highest BCUT2D eigenvalue weighted by Gasteiger charge is 2.29. The second-order valence-corrected chi connectivity index (χ2v) is 5.48. The van der Waals surface area contributed by atoms with Gasteiger partial charge in [0, 0.05) is 11.0 Å². The van der Waals surface area contributed by atoms with Crippen LogP contribution in [0.4, 0.5) is 0 Å².